The number of aliphatic carboxylic acids is 1. The molecule has 2 atom stereocenters. The summed E-state index contributed by atoms with van der Waals surface area (Å²) in [5.41, 5.74) is 0. The Balaban J connectivity index is 2.87. The van der Waals surface area contributed by atoms with Crippen LogP contribution in [0.15, 0.2) is 12.2 Å². The third-order valence-electron chi connectivity index (χ3n) is 2.28. The number of hydrogen-bond donors (Lipinski definition) is 2. The van der Waals surface area contributed by atoms with Gasteiger partial charge in [0.1, 0.15) is 14.4 Å². The maximum Gasteiger partial charge on any atom is 0.327 e. The third kappa shape index (κ3) is 3.26. The molecule has 2 radical (unpaired) electrons. The van der Waals surface area contributed by atoms with Gasteiger partial charge in [-0.1, -0.05) is 12.2 Å². The number of aliphatic hydroxyl groups excluding tert-OH is 1. The highest BCUT2D eigenvalue weighted by Crippen LogP contribution is 2.33. The summed E-state index contributed by atoms with van der Waals surface area (Å²) in [6.07, 6.45) is 1.31. The van der Waals surface area contributed by atoms with Crippen molar-refractivity contribution in [3.63, 3.8) is 0 Å². The number of aliphatic hydroxyl groups is 1. The standard InChI is InChI=1S/C9H10BF2NO4/c10-6(14)2-1-5-3-9(11,12)8(17)13(5)4-7(15)16/h1-2,5-6,14H,3-4H2,(H,15,16)/b2-1+/t5-,6+/m0/s1. The largest absolute Gasteiger partial charge is 0.480 e. The Kier molecular flexibility index (Phi) is 3.87. The lowest BCUT2D eigenvalue weighted by Gasteiger charge is -2.19. The minimum atomic E-state index is -3.58. The second-order valence-corrected chi connectivity index (χ2v) is 3.68. The second kappa shape index (κ2) is 4.83. The second-order valence-electron chi connectivity index (χ2n) is 3.68. The van der Waals surface area contributed by atoms with Crippen molar-refractivity contribution >= 4 is 19.7 Å². The summed E-state index contributed by atoms with van der Waals surface area (Å²) in [5, 5.41) is 17.3. The normalized spacial score (nSPS) is 25.5. The van der Waals surface area contributed by atoms with Gasteiger partial charge >= 0.3 is 11.9 Å². The number of hydrogen-bond acceptors (Lipinski definition) is 3. The summed E-state index contributed by atoms with van der Waals surface area (Å²) >= 11 is 0. The van der Waals surface area contributed by atoms with Gasteiger partial charge in [-0.25, -0.2) is 0 Å². The molecule has 1 aliphatic heterocycles. The van der Waals surface area contributed by atoms with Crippen molar-refractivity contribution in [2.24, 2.45) is 0 Å². The van der Waals surface area contributed by atoms with E-state index in [1.165, 1.54) is 0 Å². The van der Waals surface area contributed by atoms with Gasteiger partial charge in [0.15, 0.2) is 0 Å². The first-order valence-electron chi connectivity index (χ1n) is 4.76. The van der Waals surface area contributed by atoms with Crippen LogP contribution in [0.3, 0.4) is 0 Å². The van der Waals surface area contributed by atoms with E-state index >= 15 is 0 Å². The van der Waals surface area contributed by atoms with Crippen molar-refractivity contribution in [2.45, 2.75) is 24.4 Å². The number of alkyl halides is 2. The highest BCUT2D eigenvalue weighted by molar-refractivity contribution is 6.12. The molecule has 5 nitrogen and oxygen atoms in total. The predicted octanol–water partition coefficient (Wildman–Crippen LogP) is -0.650. The Hall–Kier alpha value is -1.44. The zero-order valence-corrected chi connectivity index (χ0v) is 8.72. The molecule has 8 heteroatoms. The lowest BCUT2D eigenvalue weighted by molar-refractivity contribution is -0.152. The Morgan fingerprint density at radius 1 is 1.71 bits per heavy atom. The van der Waals surface area contributed by atoms with E-state index in [1.807, 2.05) is 0 Å². The molecular formula is C9H10BF2NO4. The van der Waals surface area contributed by atoms with Crippen LogP contribution >= 0.6 is 0 Å². The van der Waals surface area contributed by atoms with Gasteiger partial charge in [0.2, 0.25) is 0 Å². The summed E-state index contributed by atoms with van der Waals surface area (Å²) < 4.78 is 26.2. The van der Waals surface area contributed by atoms with Gasteiger partial charge in [0, 0.05) is 12.4 Å². The predicted molar refractivity (Wildman–Crippen MR) is 53.6 cm³/mol. The average molecular weight is 245 g/mol. The molecule has 2 N–H and O–H groups in total. The minimum Gasteiger partial charge on any atom is -0.480 e. The number of carbonyl (C=O) groups excluding carboxylic acids is 1. The highest BCUT2D eigenvalue weighted by atomic mass is 19.3. The zero-order chi connectivity index (χ0) is 13.2. The smallest absolute Gasteiger partial charge is 0.327 e. The summed E-state index contributed by atoms with van der Waals surface area (Å²) in [7, 11) is 4.98. The van der Waals surface area contributed by atoms with Crippen LogP contribution in [-0.4, -0.2) is 59.3 Å². The van der Waals surface area contributed by atoms with Gasteiger partial charge in [0.05, 0.1) is 6.04 Å². The number of likely N-dealkylation sites (tertiary alicyclic amines) is 1. The number of carboxylic acids is 1. The van der Waals surface area contributed by atoms with Crippen LogP contribution in [0.1, 0.15) is 6.42 Å². The van der Waals surface area contributed by atoms with Crippen molar-refractivity contribution < 1.29 is 28.6 Å². The minimum absolute atomic E-state index is 0.543. The van der Waals surface area contributed by atoms with Crippen LogP contribution in [0.5, 0.6) is 0 Å². The monoisotopic (exact) mass is 245 g/mol. The molecule has 0 spiro atoms. The van der Waals surface area contributed by atoms with Crippen molar-refractivity contribution in [3.8, 4) is 0 Å². The van der Waals surface area contributed by atoms with Crippen LogP contribution in [0.2, 0.25) is 0 Å². The average Bonchev–Trinajstić information content (AvgIpc) is 2.38. The fourth-order valence-corrected chi connectivity index (χ4v) is 1.57. The van der Waals surface area contributed by atoms with Gasteiger partial charge in [-0.3, -0.25) is 9.59 Å². The van der Waals surface area contributed by atoms with Crippen LogP contribution in [0.25, 0.3) is 0 Å². The molecule has 0 unspecified atom stereocenters. The lowest BCUT2D eigenvalue weighted by atomic mass is 9.99. The van der Waals surface area contributed by atoms with E-state index in [-0.39, 0.29) is 0 Å². The molecule has 0 aromatic carbocycles. The molecule has 1 saturated heterocycles. The maximum absolute atomic E-state index is 13.1. The van der Waals surface area contributed by atoms with Gasteiger partial charge in [0.25, 0.3) is 5.91 Å². The highest BCUT2D eigenvalue weighted by Gasteiger charge is 2.52. The Labute approximate surface area is 97.1 Å². The van der Waals surface area contributed by atoms with Crippen molar-refractivity contribution in [1.82, 2.24) is 4.90 Å². The number of carboxylic acid groups (broad SMARTS) is 1. The molecule has 17 heavy (non-hydrogen) atoms. The van der Waals surface area contributed by atoms with Gasteiger partial charge < -0.3 is 15.1 Å². The lowest BCUT2D eigenvalue weighted by Crippen LogP contribution is -2.39. The quantitative estimate of drug-likeness (QED) is 0.509. The summed E-state index contributed by atoms with van der Waals surface area (Å²) in [5.74, 6) is -6.49. The SMILES string of the molecule is [B][C@H](O)/C=C/[C@H]1CC(F)(F)C(=O)N1CC(=O)O. The van der Waals surface area contributed by atoms with E-state index in [0.29, 0.717) is 4.90 Å². The molecule has 0 aliphatic carbocycles. The van der Waals surface area contributed by atoms with E-state index in [4.69, 9.17) is 18.1 Å². The Bertz CT molecular complexity index is 359. The molecule has 0 aromatic heterocycles. The van der Waals surface area contributed by atoms with E-state index in [1.54, 1.807) is 0 Å². The van der Waals surface area contributed by atoms with E-state index in [2.05, 4.69) is 0 Å². The first-order valence-corrected chi connectivity index (χ1v) is 4.76. The number of halogens is 2. The van der Waals surface area contributed by atoms with Crippen LogP contribution < -0.4 is 0 Å². The fourth-order valence-electron chi connectivity index (χ4n) is 1.57. The van der Waals surface area contributed by atoms with Crippen molar-refractivity contribution in [3.05, 3.63) is 12.2 Å². The van der Waals surface area contributed by atoms with Crippen molar-refractivity contribution in [1.29, 1.82) is 0 Å². The summed E-state index contributed by atoms with van der Waals surface area (Å²) in [6.45, 7) is -0.815. The molecule has 1 heterocycles. The molecular weight excluding hydrogens is 235 g/mol. The zero-order valence-electron chi connectivity index (χ0n) is 8.72. The molecule has 1 fully saturated rings. The molecule has 0 aromatic rings. The van der Waals surface area contributed by atoms with E-state index in [9.17, 15) is 18.4 Å². The number of nitrogens with zero attached hydrogens (tertiary/aromatic N) is 1. The van der Waals surface area contributed by atoms with E-state index < -0.39 is 42.8 Å². The first-order chi connectivity index (χ1) is 7.74. The molecule has 92 valence electrons. The van der Waals surface area contributed by atoms with Crippen molar-refractivity contribution in [2.75, 3.05) is 6.54 Å². The molecule has 0 saturated carbocycles. The maximum atomic E-state index is 13.1. The first kappa shape index (κ1) is 13.6. The van der Waals surface area contributed by atoms with E-state index in [0.717, 1.165) is 12.2 Å². The molecule has 1 rings (SSSR count). The van der Waals surface area contributed by atoms with Crippen LogP contribution in [-0.2, 0) is 9.59 Å². The van der Waals surface area contributed by atoms with Gasteiger partial charge in [-0.2, -0.15) is 8.78 Å². The summed E-state index contributed by atoms with van der Waals surface area (Å²) in [4.78, 5) is 22.2. The Morgan fingerprint density at radius 3 is 2.76 bits per heavy atom. The topological polar surface area (TPSA) is 77.8 Å². The van der Waals surface area contributed by atoms with Gasteiger partial charge in [-0.05, 0) is 0 Å². The fraction of sp³-hybridized carbons (Fsp3) is 0.556. The molecule has 1 aliphatic rings. The molecule has 1 amide bonds. The van der Waals surface area contributed by atoms with Gasteiger partial charge in [-0.15, -0.1) is 0 Å². The number of carbonyl (C=O) groups is 2. The van der Waals surface area contributed by atoms with Crippen LogP contribution in [0, 0.1) is 0 Å². The van der Waals surface area contributed by atoms with Crippen LogP contribution in [0.4, 0.5) is 8.78 Å². The third-order valence-corrected chi connectivity index (χ3v) is 2.28. The Morgan fingerprint density at radius 2 is 2.29 bits per heavy atom. The number of rotatable bonds is 4. The summed E-state index contributed by atoms with van der Waals surface area (Å²) in [6, 6.07) is -2.42. The molecule has 0 bridgehead atoms. The number of amides is 1.